The molecule has 1 N–H and O–H groups in total. The van der Waals surface area contributed by atoms with Crippen LogP contribution < -0.4 is 5.56 Å². The molecular formula is C21H19N3O2. The SMILES string of the molecule is O=C1c2cccc(-c3nc4ccccc4[nH]c3=O)c2CN1C1CCCC1. The Labute approximate surface area is 150 Å². The normalized spacial score (nSPS) is 17.2. The van der Waals surface area contributed by atoms with Crippen LogP contribution in [0.25, 0.3) is 22.3 Å². The lowest BCUT2D eigenvalue weighted by Crippen LogP contribution is -2.33. The van der Waals surface area contributed by atoms with Crippen LogP contribution in [0, 0.1) is 0 Å². The molecule has 0 spiro atoms. The lowest BCUT2D eigenvalue weighted by atomic mass is 10.0. The lowest BCUT2D eigenvalue weighted by Gasteiger charge is -2.23. The maximum Gasteiger partial charge on any atom is 0.274 e. The second-order valence-electron chi connectivity index (χ2n) is 7.13. The van der Waals surface area contributed by atoms with Gasteiger partial charge in [-0.1, -0.05) is 37.1 Å². The van der Waals surface area contributed by atoms with Gasteiger partial charge in [0.2, 0.25) is 0 Å². The number of aromatic amines is 1. The molecule has 3 aromatic rings. The van der Waals surface area contributed by atoms with Crippen LogP contribution in [-0.2, 0) is 6.54 Å². The van der Waals surface area contributed by atoms with Gasteiger partial charge in [0.15, 0.2) is 0 Å². The van der Waals surface area contributed by atoms with E-state index in [-0.39, 0.29) is 11.5 Å². The van der Waals surface area contributed by atoms with Gasteiger partial charge in [-0.25, -0.2) is 4.98 Å². The number of hydrogen-bond donors (Lipinski definition) is 1. The smallest absolute Gasteiger partial charge is 0.274 e. The minimum atomic E-state index is -0.219. The number of nitrogens with one attached hydrogen (secondary N) is 1. The number of nitrogens with zero attached hydrogens (tertiary/aromatic N) is 2. The molecule has 2 heterocycles. The topological polar surface area (TPSA) is 66.1 Å². The van der Waals surface area contributed by atoms with E-state index >= 15 is 0 Å². The van der Waals surface area contributed by atoms with Gasteiger partial charge in [-0.15, -0.1) is 0 Å². The molecule has 130 valence electrons. The van der Waals surface area contributed by atoms with Gasteiger partial charge in [-0.05, 0) is 36.6 Å². The van der Waals surface area contributed by atoms with Crippen molar-refractivity contribution < 1.29 is 4.79 Å². The van der Waals surface area contributed by atoms with Crippen LogP contribution in [-0.4, -0.2) is 26.8 Å². The molecule has 1 aliphatic heterocycles. The van der Waals surface area contributed by atoms with Gasteiger partial charge in [0.1, 0.15) is 5.69 Å². The molecule has 1 amide bonds. The van der Waals surface area contributed by atoms with E-state index in [2.05, 4.69) is 9.97 Å². The molecule has 1 aliphatic carbocycles. The Morgan fingerprint density at radius 2 is 1.73 bits per heavy atom. The van der Waals surface area contributed by atoms with Crippen LogP contribution in [0.5, 0.6) is 0 Å². The largest absolute Gasteiger partial charge is 0.331 e. The first-order valence-corrected chi connectivity index (χ1v) is 9.14. The Morgan fingerprint density at radius 1 is 0.962 bits per heavy atom. The van der Waals surface area contributed by atoms with Gasteiger partial charge in [-0.2, -0.15) is 0 Å². The molecule has 0 unspecified atom stereocenters. The summed E-state index contributed by atoms with van der Waals surface area (Å²) in [6.07, 6.45) is 4.51. The monoisotopic (exact) mass is 345 g/mol. The van der Waals surface area contributed by atoms with Gasteiger partial charge in [0.25, 0.3) is 11.5 Å². The quantitative estimate of drug-likeness (QED) is 0.773. The zero-order chi connectivity index (χ0) is 17.7. The molecule has 0 atom stereocenters. The van der Waals surface area contributed by atoms with E-state index in [1.165, 1.54) is 12.8 Å². The zero-order valence-corrected chi connectivity index (χ0v) is 14.4. The van der Waals surface area contributed by atoms with E-state index in [0.29, 0.717) is 23.8 Å². The number of fused-ring (bicyclic) bond motifs is 2. The summed E-state index contributed by atoms with van der Waals surface area (Å²) in [6.45, 7) is 0.572. The van der Waals surface area contributed by atoms with E-state index < -0.39 is 0 Å². The molecule has 2 aromatic carbocycles. The van der Waals surface area contributed by atoms with Crippen molar-refractivity contribution in [2.45, 2.75) is 38.3 Å². The number of para-hydroxylation sites is 2. The van der Waals surface area contributed by atoms with Crippen molar-refractivity contribution in [1.29, 1.82) is 0 Å². The molecule has 2 aliphatic rings. The first kappa shape index (κ1) is 15.3. The van der Waals surface area contributed by atoms with Crippen molar-refractivity contribution in [3.05, 3.63) is 63.9 Å². The molecule has 0 radical (unpaired) electrons. The van der Waals surface area contributed by atoms with E-state index in [1.54, 1.807) is 0 Å². The second kappa shape index (κ2) is 5.80. The second-order valence-corrected chi connectivity index (χ2v) is 7.13. The number of benzene rings is 2. The fourth-order valence-corrected chi connectivity index (χ4v) is 4.30. The first-order chi connectivity index (χ1) is 12.7. The zero-order valence-electron chi connectivity index (χ0n) is 14.4. The van der Waals surface area contributed by atoms with Gasteiger partial charge in [-0.3, -0.25) is 9.59 Å². The molecular weight excluding hydrogens is 326 g/mol. The lowest BCUT2D eigenvalue weighted by molar-refractivity contribution is 0.0707. The van der Waals surface area contributed by atoms with Crippen LogP contribution in [0.15, 0.2) is 47.3 Å². The van der Waals surface area contributed by atoms with Crippen LogP contribution in [0.3, 0.4) is 0 Å². The number of hydrogen-bond acceptors (Lipinski definition) is 3. The third kappa shape index (κ3) is 2.27. The van der Waals surface area contributed by atoms with Crippen LogP contribution in [0.1, 0.15) is 41.6 Å². The van der Waals surface area contributed by atoms with Crippen molar-refractivity contribution in [2.75, 3.05) is 0 Å². The van der Waals surface area contributed by atoms with Crippen molar-refractivity contribution in [3.8, 4) is 11.3 Å². The van der Waals surface area contributed by atoms with Gasteiger partial charge in [0.05, 0.1) is 11.0 Å². The molecule has 26 heavy (non-hydrogen) atoms. The average molecular weight is 345 g/mol. The highest BCUT2D eigenvalue weighted by molar-refractivity contribution is 6.00. The summed E-state index contributed by atoms with van der Waals surface area (Å²) < 4.78 is 0. The number of H-pyrrole nitrogens is 1. The predicted molar refractivity (Wildman–Crippen MR) is 99.9 cm³/mol. The fourth-order valence-electron chi connectivity index (χ4n) is 4.30. The van der Waals surface area contributed by atoms with Gasteiger partial charge in [0, 0.05) is 23.7 Å². The Hall–Kier alpha value is -2.95. The maximum absolute atomic E-state index is 12.9. The van der Waals surface area contributed by atoms with Gasteiger partial charge < -0.3 is 9.88 Å². The van der Waals surface area contributed by atoms with Crippen LogP contribution in [0.4, 0.5) is 0 Å². The molecule has 5 nitrogen and oxygen atoms in total. The van der Waals surface area contributed by atoms with Crippen LogP contribution in [0.2, 0.25) is 0 Å². The van der Waals surface area contributed by atoms with E-state index in [9.17, 15) is 9.59 Å². The van der Waals surface area contributed by atoms with Crippen molar-refractivity contribution in [3.63, 3.8) is 0 Å². The number of amides is 1. The number of aromatic nitrogens is 2. The highest BCUT2D eigenvalue weighted by Gasteiger charge is 2.35. The van der Waals surface area contributed by atoms with E-state index in [4.69, 9.17) is 0 Å². The Kier molecular flexibility index (Phi) is 3.42. The summed E-state index contributed by atoms with van der Waals surface area (Å²) in [5.41, 5.74) is 4.05. The Morgan fingerprint density at radius 3 is 2.58 bits per heavy atom. The summed E-state index contributed by atoms with van der Waals surface area (Å²) in [5, 5.41) is 0. The minimum absolute atomic E-state index is 0.0889. The molecule has 5 heteroatoms. The summed E-state index contributed by atoms with van der Waals surface area (Å²) >= 11 is 0. The van der Waals surface area contributed by atoms with Crippen molar-refractivity contribution >= 4 is 16.9 Å². The molecule has 0 bridgehead atoms. The summed E-state index contributed by atoms with van der Waals surface area (Å²) in [5.74, 6) is 0.0889. The first-order valence-electron chi connectivity index (χ1n) is 9.14. The van der Waals surface area contributed by atoms with Gasteiger partial charge >= 0.3 is 0 Å². The fraction of sp³-hybridized carbons (Fsp3) is 0.286. The minimum Gasteiger partial charge on any atom is -0.331 e. The predicted octanol–water partition coefficient (Wildman–Crippen LogP) is 3.49. The third-order valence-electron chi connectivity index (χ3n) is 5.62. The standard InChI is InChI=1S/C21H19N3O2/c25-20-19(22-17-10-3-4-11-18(17)23-20)14-8-5-9-15-16(14)12-24(21(15)26)13-6-1-2-7-13/h3-5,8-11,13H,1-2,6-7,12H2,(H,23,25). The molecule has 1 saturated carbocycles. The van der Waals surface area contributed by atoms with Crippen LogP contribution >= 0.6 is 0 Å². The Bertz CT molecular complexity index is 1080. The molecule has 0 saturated heterocycles. The maximum atomic E-state index is 12.9. The summed E-state index contributed by atoms with van der Waals surface area (Å²) in [6, 6.07) is 13.4. The van der Waals surface area contributed by atoms with Crippen molar-refractivity contribution in [1.82, 2.24) is 14.9 Å². The summed E-state index contributed by atoms with van der Waals surface area (Å²) in [4.78, 5) is 35.0. The number of carbonyl (C=O) groups is 1. The Balaban J connectivity index is 1.64. The number of rotatable bonds is 2. The summed E-state index contributed by atoms with van der Waals surface area (Å²) in [7, 11) is 0. The molecule has 5 rings (SSSR count). The van der Waals surface area contributed by atoms with E-state index in [1.807, 2.05) is 47.4 Å². The highest BCUT2D eigenvalue weighted by atomic mass is 16.2. The highest BCUT2D eigenvalue weighted by Crippen LogP contribution is 2.35. The van der Waals surface area contributed by atoms with E-state index in [0.717, 1.165) is 35.0 Å². The third-order valence-corrected chi connectivity index (χ3v) is 5.62. The molecule has 1 aromatic heterocycles. The molecule has 1 fully saturated rings. The number of carbonyl (C=O) groups excluding carboxylic acids is 1. The van der Waals surface area contributed by atoms with Crippen molar-refractivity contribution in [2.24, 2.45) is 0 Å². The average Bonchev–Trinajstić information content (AvgIpc) is 3.29.